The predicted octanol–water partition coefficient (Wildman–Crippen LogP) is 4.96. The van der Waals surface area contributed by atoms with E-state index in [2.05, 4.69) is 5.32 Å². The van der Waals surface area contributed by atoms with Crippen LogP contribution >= 0.6 is 11.6 Å². The van der Waals surface area contributed by atoms with Crippen LogP contribution in [0.4, 0.5) is 15.8 Å². The van der Waals surface area contributed by atoms with Gasteiger partial charge in [-0.25, -0.2) is 4.39 Å². The molecule has 0 unspecified atom stereocenters. The molecule has 2 aromatic carbocycles. The van der Waals surface area contributed by atoms with Crippen molar-refractivity contribution in [1.82, 2.24) is 9.47 Å². The van der Waals surface area contributed by atoms with E-state index in [0.717, 1.165) is 18.4 Å². The van der Waals surface area contributed by atoms with Gasteiger partial charge in [-0.2, -0.15) is 0 Å². The Balaban J connectivity index is 1.62. The molecule has 1 fully saturated rings. The second kappa shape index (κ2) is 10.4. The molecule has 0 aliphatic carbocycles. The van der Waals surface area contributed by atoms with Crippen molar-refractivity contribution >= 4 is 28.9 Å². The van der Waals surface area contributed by atoms with Gasteiger partial charge in [0.15, 0.2) is 0 Å². The molecule has 3 aromatic rings. The number of hydrogen-bond donors (Lipinski definition) is 1. The minimum absolute atomic E-state index is 0.0931. The second-order valence-electron chi connectivity index (χ2n) is 8.46. The fourth-order valence-corrected chi connectivity index (χ4v) is 4.63. The highest BCUT2D eigenvalue weighted by Gasteiger charge is 2.28. The van der Waals surface area contributed by atoms with Gasteiger partial charge in [-0.05, 0) is 48.6 Å². The molecular formula is C26H27ClFN3O4. The molecule has 35 heavy (non-hydrogen) atoms. The smallest absolute Gasteiger partial charge is 0.271 e. The van der Waals surface area contributed by atoms with Gasteiger partial charge in [-0.3, -0.25) is 9.59 Å². The van der Waals surface area contributed by atoms with Crippen molar-refractivity contribution < 1.29 is 18.7 Å². The van der Waals surface area contributed by atoms with Crippen LogP contribution in [0.1, 0.15) is 34.7 Å². The van der Waals surface area contributed by atoms with Crippen LogP contribution in [-0.2, 0) is 7.05 Å². The fourth-order valence-electron chi connectivity index (χ4n) is 4.35. The molecule has 4 rings (SSSR count). The van der Waals surface area contributed by atoms with Gasteiger partial charge in [-0.1, -0.05) is 23.7 Å². The average molecular weight is 500 g/mol. The van der Waals surface area contributed by atoms with Crippen LogP contribution in [0.15, 0.2) is 53.5 Å². The lowest BCUT2D eigenvalue weighted by Gasteiger charge is -2.33. The van der Waals surface area contributed by atoms with E-state index in [4.69, 9.17) is 21.1 Å². The molecule has 0 spiro atoms. The number of likely N-dealkylation sites (tertiary alicyclic amines) is 1. The number of amides is 1. The Morgan fingerprint density at radius 3 is 2.40 bits per heavy atom. The Bertz CT molecular complexity index is 1280. The summed E-state index contributed by atoms with van der Waals surface area (Å²) in [4.78, 5) is 28.0. The van der Waals surface area contributed by atoms with E-state index in [1.165, 1.54) is 30.0 Å². The number of carbonyl (C=O) groups excluding carboxylic acids is 1. The number of nitrogens with one attached hydrogen (secondary N) is 1. The highest BCUT2D eigenvalue weighted by molar-refractivity contribution is 6.34. The number of anilines is 2. The summed E-state index contributed by atoms with van der Waals surface area (Å²) in [6.07, 6.45) is 3.00. The van der Waals surface area contributed by atoms with Gasteiger partial charge < -0.3 is 24.3 Å². The summed E-state index contributed by atoms with van der Waals surface area (Å²) in [5.74, 6) is 0.831. The SMILES string of the molecule is COc1ccc(OC)c(Nc2c(C(=O)N3CCC(c4ccc(F)cc4)CC3)cn(C)c(=O)c2Cl)c1. The van der Waals surface area contributed by atoms with E-state index in [0.29, 0.717) is 30.3 Å². The average Bonchev–Trinajstić information content (AvgIpc) is 2.89. The van der Waals surface area contributed by atoms with Gasteiger partial charge in [0.1, 0.15) is 22.3 Å². The van der Waals surface area contributed by atoms with Crippen LogP contribution in [0.25, 0.3) is 0 Å². The molecule has 1 N–H and O–H groups in total. The molecule has 1 amide bonds. The standard InChI is InChI=1S/C26H27ClFN3O4/c1-30-15-20(25(32)31-12-10-17(11-13-31)16-4-6-18(28)7-5-16)24(23(27)26(30)33)29-21-14-19(34-2)8-9-22(21)35-3/h4-9,14-15,17,29H,10-13H2,1-3H3. The number of aromatic nitrogens is 1. The van der Waals surface area contributed by atoms with Crippen molar-refractivity contribution in [2.45, 2.75) is 18.8 Å². The van der Waals surface area contributed by atoms with Gasteiger partial charge in [0.05, 0.1) is 31.2 Å². The summed E-state index contributed by atoms with van der Waals surface area (Å²) in [6, 6.07) is 11.7. The van der Waals surface area contributed by atoms with Crippen molar-refractivity contribution in [3.63, 3.8) is 0 Å². The van der Waals surface area contributed by atoms with Crippen LogP contribution in [0.3, 0.4) is 0 Å². The second-order valence-corrected chi connectivity index (χ2v) is 8.84. The predicted molar refractivity (Wildman–Crippen MR) is 134 cm³/mol. The fraction of sp³-hybridized carbons (Fsp3) is 0.308. The molecule has 1 aliphatic heterocycles. The first-order valence-electron chi connectivity index (χ1n) is 11.2. The van der Waals surface area contributed by atoms with E-state index in [9.17, 15) is 14.0 Å². The molecule has 0 bridgehead atoms. The Morgan fingerprint density at radius 2 is 1.77 bits per heavy atom. The summed E-state index contributed by atoms with van der Waals surface area (Å²) in [5.41, 5.74) is 1.64. The van der Waals surface area contributed by atoms with Gasteiger partial charge in [0.2, 0.25) is 0 Å². The molecule has 1 saturated heterocycles. The maximum Gasteiger partial charge on any atom is 0.271 e. The first-order chi connectivity index (χ1) is 16.8. The minimum Gasteiger partial charge on any atom is -0.497 e. The maximum atomic E-state index is 13.6. The lowest BCUT2D eigenvalue weighted by atomic mass is 9.89. The van der Waals surface area contributed by atoms with Crippen LogP contribution in [-0.4, -0.2) is 42.7 Å². The van der Waals surface area contributed by atoms with Gasteiger partial charge in [0, 0.05) is 32.4 Å². The zero-order chi connectivity index (χ0) is 25.1. The quantitative estimate of drug-likeness (QED) is 0.519. The number of methoxy groups -OCH3 is 2. The van der Waals surface area contributed by atoms with Gasteiger partial charge in [0.25, 0.3) is 11.5 Å². The molecule has 2 heterocycles. The van der Waals surface area contributed by atoms with E-state index < -0.39 is 5.56 Å². The van der Waals surface area contributed by atoms with Crippen LogP contribution in [0, 0.1) is 5.82 Å². The van der Waals surface area contributed by atoms with Crippen molar-refractivity contribution in [2.24, 2.45) is 7.05 Å². The monoisotopic (exact) mass is 499 g/mol. The van der Waals surface area contributed by atoms with E-state index in [1.807, 2.05) is 0 Å². The minimum atomic E-state index is -0.428. The number of pyridine rings is 1. The number of nitrogens with zero attached hydrogens (tertiary/aromatic N) is 2. The third-order valence-electron chi connectivity index (χ3n) is 6.34. The van der Waals surface area contributed by atoms with Crippen molar-refractivity contribution in [2.75, 3.05) is 32.6 Å². The molecule has 0 atom stereocenters. The van der Waals surface area contributed by atoms with E-state index >= 15 is 0 Å². The number of aryl methyl sites for hydroxylation is 1. The Kier molecular flexibility index (Phi) is 7.31. The number of carbonyl (C=O) groups is 1. The molecule has 9 heteroatoms. The first-order valence-corrected chi connectivity index (χ1v) is 11.6. The summed E-state index contributed by atoms with van der Waals surface area (Å²) < 4.78 is 25.3. The molecule has 1 aliphatic rings. The molecule has 0 radical (unpaired) electrons. The molecule has 1 aromatic heterocycles. The summed E-state index contributed by atoms with van der Waals surface area (Å²) in [7, 11) is 4.62. The number of benzene rings is 2. The summed E-state index contributed by atoms with van der Waals surface area (Å²) in [6.45, 7) is 1.06. The van der Waals surface area contributed by atoms with Crippen LogP contribution < -0.4 is 20.3 Å². The zero-order valence-corrected chi connectivity index (χ0v) is 20.6. The van der Waals surface area contributed by atoms with Gasteiger partial charge >= 0.3 is 0 Å². The number of rotatable bonds is 6. The topological polar surface area (TPSA) is 72.8 Å². The van der Waals surface area contributed by atoms with E-state index in [-0.39, 0.29) is 33.9 Å². The van der Waals surface area contributed by atoms with E-state index in [1.54, 1.807) is 49.4 Å². The lowest BCUT2D eigenvalue weighted by Crippen LogP contribution is -2.39. The number of ether oxygens (including phenoxy) is 2. The Labute approximate surface area is 208 Å². The third kappa shape index (κ3) is 5.12. The van der Waals surface area contributed by atoms with Crippen molar-refractivity contribution in [3.8, 4) is 11.5 Å². The van der Waals surface area contributed by atoms with Crippen LogP contribution in [0.5, 0.6) is 11.5 Å². The highest BCUT2D eigenvalue weighted by Crippen LogP contribution is 2.36. The maximum absolute atomic E-state index is 13.6. The van der Waals surface area contributed by atoms with Crippen LogP contribution in [0.2, 0.25) is 5.02 Å². The summed E-state index contributed by atoms with van der Waals surface area (Å²) in [5, 5.41) is 3.04. The zero-order valence-electron chi connectivity index (χ0n) is 19.8. The molecule has 184 valence electrons. The lowest BCUT2D eigenvalue weighted by molar-refractivity contribution is 0.0713. The molecular weight excluding hydrogens is 473 g/mol. The molecule has 7 nitrogen and oxygen atoms in total. The largest absolute Gasteiger partial charge is 0.497 e. The molecule has 0 saturated carbocycles. The van der Waals surface area contributed by atoms with Gasteiger partial charge in [-0.15, -0.1) is 0 Å². The highest BCUT2D eigenvalue weighted by atomic mass is 35.5. The third-order valence-corrected chi connectivity index (χ3v) is 6.69. The van der Waals surface area contributed by atoms with Crippen molar-refractivity contribution in [3.05, 3.63) is 81.0 Å². The number of halogens is 2. The summed E-state index contributed by atoms with van der Waals surface area (Å²) >= 11 is 6.45. The first kappa shape index (κ1) is 24.6. The Morgan fingerprint density at radius 1 is 1.09 bits per heavy atom. The normalized spacial score (nSPS) is 14.0. The number of hydrogen-bond acceptors (Lipinski definition) is 5. The van der Waals surface area contributed by atoms with Crippen molar-refractivity contribution in [1.29, 1.82) is 0 Å². The number of piperidine rings is 1. The Hall–Kier alpha value is -3.52.